The zero-order chi connectivity index (χ0) is 16.2. The van der Waals surface area contributed by atoms with E-state index in [2.05, 4.69) is 47.9 Å². The summed E-state index contributed by atoms with van der Waals surface area (Å²) in [5.41, 5.74) is 0. The Morgan fingerprint density at radius 3 is 2.50 bits per heavy atom. The first kappa shape index (κ1) is 18.7. The Kier molecular flexibility index (Phi) is 9.55. The molecule has 1 rings (SSSR count). The highest BCUT2D eigenvalue weighted by Gasteiger charge is 2.04. The Bertz CT molecular complexity index is 408. The average molecular weight is 308 g/mol. The molecule has 1 aromatic rings. The largest absolute Gasteiger partial charge is 0.478 e. The van der Waals surface area contributed by atoms with Gasteiger partial charge in [0.25, 0.3) is 0 Å². The minimum Gasteiger partial charge on any atom is -0.478 e. The van der Waals surface area contributed by atoms with Gasteiger partial charge >= 0.3 is 0 Å². The van der Waals surface area contributed by atoms with Gasteiger partial charge in [-0.25, -0.2) is 4.98 Å². The van der Waals surface area contributed by atoms with Gasteiger partial charge in [-0.15, -0.1) is 0 Å². The third-order valence-electron chi connectivity index (χ3n) is 3.62. The fourth-order valence-corrected chi connectivity index (χ4v) is 2.22. The second-order valence-corrected chi connectivity index (χ2v) is 5.37. The molecule has 126 valence electrons. The van der Waals surface area contributed by atoms with Crippen molar-refractivity contribution in [3.63, 3.8) is 0 Å². The maximum absolute atomic E-state index is 5.63. The van der Waals surface area contributed by atoms with E-state index in [0.717, 1.165) is 50.5 Å². The Balaban J connectivity index is 2.40. The number of nitrogens with one attached hydrogen (secondary N) is 1. The van der Waals surface area contributed by atoms with Crippen molar-refractivity contribution in [3.8, 4) is 5.88 Å². The molecule has 0 atom stereocenters. The normalized spacial score (nSPS) is 11.0. The summed E-state index contributed by atoms with van der Waals surface area (Å²) in [7, 11) is 0. The lowest BCUT2D eigenvalue weighted by molar-refractivity contribution is 0.298. The molecule has 0 amide bonds. The molecular weight excluding hydrogens is 276 g/mol. The maximum Gasteiger partial charge on any atom is 0.218 e. The van der Waals surface area contributed by atoms with Gasteiger partial charge in [-0.1, -0.05) is 27.7 Å². The van der Waals surface area contributed by atoms with E-state index < -0.39 is 0 Å². The Hall–Kier alpha value is -1.36. The van der Waals surface area contributed by atoms with Gasteiger partial charge in [0.2, 0.25) is 5.88 Å². The quantitative estimate of drug-likeness (QED) is 0.600. The number of hydrogen-bond donors (Lipinski definition) is 1. The number of nitrogens with zero attached hydrogens (tertiary/aromatic N) is 3. The van der Waals surface area contributed by atoms with Crippen LogP contribution in [0.2, 0.25) is 0 Å². The predicted molar refractivity (Wildman–Crippen MR) is 92.7 cm³/mol. The first-order valence-electron chi connectivity index (χ1n) is 8.70. The highest BCUT2D eigenvalue weighted by atomic mass is 16.5. The Morgan fingerprint density at radius 1 is 1.09 bits per heavy atom. The molecule has 1 N–H and O–H groups in total. The lowest BCUT2D eigenvalue weighted by Gasteiger charge is -2.17. The van der Waals surface area contributed by atoms with Gasteiger partial charge in [-0.3, -0.25) is 0 Å². The molecule has 0 bridgehead atoms. The minimum absolute atomic E-state index is 0.680. The smallest absolute Gasteiger partial charge is 0.218 e. The summed E-state index contributed by atoms with van der Waals surface area (Å²) in [6, 6.07) is 1.90. The van der Waals surface area contributed by atoms with E-state index in [9.17, 15) is 0 Å². The van der Waals surface area contributed by atoms with Crippen LogP contribution in [-0.2, 0) is 6.42 Å². The van der Waals surface area contributed by atoms with E-state index in [0.29, 0.717) is 12.5 Å². The van der Waals surface area contributed by atoms with Gasteiger partial charge in [0.05, 0.1) is 6.61 Å². The lowest BCUT2D eigenvalue weighted by Crippen LogP contribution is -2.24. The molecule has 1 heterocycles. The molecule has 1 aromatic heterocycles. The monoisotopic (exact) mass is 308 g/mol. The summed E-state index contributed by atoms with van der Waals surface area (Å²) < 4.78 is 5.63. The fourth-order valence-electron chi connectivity index (χ4n) is 2.22. The zero-order valence-electron chi connectivity index (χ0n) is 14.7. The van der Waals surface area contributed by atoms with Crippen molar-refractivity contribution in [3.05, 3.63) is 11.9 Å². The van der Waals surface area contributed by atoms with Crippen molar-refractivity contribution in [2.75, 3.05) is 38.1 Å². The van der Waals surface area contributed by atoms with Gasteiger partial charge in [0.1, 0.15) is 11.6 Å². The third-order valence-corrected chi connectivity index (χ3v) is 3.62. The molecule has 0 aliphatic heterocycles. The van der Waals surface area contributed by atoms with E-state index in [1.807, 2.05) is 6.07 Å². The predicted octanol–water partition coefficient (Wildman–Crippen LogP) is 3.36. The molecule has 0 spiro atoms. The number of ether oxygens (including phenoxy) is 1. The molecule has 0 aliphatic rings. The average Bonchev–Trinajstić information content (AvgIpc) is 2.56. The van der Waals surface area contributed by atoms with Gasteiger partial charge in [-0.2, -0.15) is 4.98 Å². The summed E-state index contributed by atoms with van der Waals surface area (Å²) in [6.45, 7) is 13.7. The first-order valence-corrected chi connectivity index (χ1v) is 8.70. The molecule has 0 saturated carbocycles. The van der Waals surface area contributed by atoms with E-state index in [-0.39, 0.29) is 0 Å². The fraction of sp³-hybridized carbons (Fsp3) is 0.765. The number of hydrogen-bond acceptors (Lipinski definition) is 5. The SMILES string of the molecule is CCCOc1cc(NCCCCN(CC)CC)nc(CC)n1. The molecule has 0 radical (unpaired) electrons. The van der Waals surface area contributed by atoms with Crippen LogP contribution in [0.4, 0.5) is 5.82 Å². The van der Waals surface area contributed by atoms with Gasteiger partial charge in [0, 0.05) is 19.0 Å². The molecule has 0 aliphatic carbocycles. The summed E-state index contributed by atoms with van der Waals surface area (Å²) in [6.07, 6.45) is 4.16. The van der Waals surface area contributed by atoms with Crippen LogP contribution in [0.5, 0.6) is 5.88 Å². The van der Waals surface area contributed by atoms with Crippen molar-refractivity contribution in [2.24, 2.45) is 0 Å². The van der Waals surface area contributed by atoms with Crippen LogP contribution in [0.3, 0.4) is 0 Å². The molecule has 0 aromatic carbocycles. The number of aromatic nitrogens is 2. The van der Waals surface area contributed by atoms with Gasteiger partial charge in [0.15, 0.2) is 0 Å². The molecule has 0 unspecified atom stereocenters. The van der Waals surface area contributed by atoms with Crippen LogP contribution < -0.4 is 10.1 Å². The molecule has 22 heavy (non-hydrogen) atoms. The van der Waals surface area contributed by atoms with E-state index in [1.54, 1.807) is 0 Å². The Labute approximate surface area is 135 Å². The topological polar surface area (TPSA) is 50.3 Å². The number of aryl methyl sites for hydroxylation is 1. The van der Waals surface area contributed by atoms with E-state index in [4.69, 9.17) is 4.74 Å². The van der Waals surface area contributed by atoms with Crippen LogP contribution in [-0.4, -0.2) is 47.7 Å². The van der Waals surface area contributed by atoms with Gasteiger partial charge in [-0.05, 0) is 38.9 Å². The van der Waals surface area contributed by atoms with E-state index in [1.165, 1.54) is 13.0 Å². The number of unbranched alkanes of at least 4 members (excludes halogenated alkanes) is 1. The summed E-state index contributed by atoms with van der Waals surface area (Å²) in [5, 5.41) is 3.40. The van der Waals surface area contributed by atoms with Crippen molar-refractivity contribution in [1.29, 1.82) is 0 Å². The summed E-state index contributed by atoms with van der Waals surface area (Å²) in [4.78, 5) is 11.4. The Morgan fingerprint density at radius 2 is 1.86 bits per heavy atom. The first-order chi connectivity index (χ1) is 10.7. The van der Waals surface area contributed by atoms with Crippen molar-refractivity contribution in [2.45, 2.75) is 53.4 Å². The molecule has 5 heteroatoms. The standard InChI is InChI=1S/C17H32N4O/c1-5-13-22-17-14-16(19-15(6-2)20-17)18-11-9-10-12-21(7-3)8-4/h14H,5-13H2,1-4H3,(H,18,19,20). The second kappa shape index (κ2) is 11.2. The molecule has 5 nitrogen and oxygen atoms in total. The third kappa shape index (κ3) is 7.07. The number of rotatable bonds is 12. The van der Waals surface area contributed by atoms with Crippen LogP contribution in [0.25, 0.3) is 0 Å². The van der Waals surface area contributed by atoms with Crippen molar-refractivity contribution < 1.29 is 4.74 Å². The lowest BCUT2D eigenvalue weighted by atomic mass is 10.3. The van der Waals surface area contributed by atoms with E-state index >= 15 is 0 Å². The van der Waals surface area contributed by atoms with Crippen molar-refractivity contribution in [1.82, 2.24) is 14.9 Å². The van der Waals surface area contributed by atoms with Crippen LogP contribution >= 0.6 is 0 Å². The number of anilines is 1. The minimum atomic E-state index is 0.680. The van der Waals surface area contributed by atoms with Crippen LogP contribution in [0.15, 0.2) is 6.07 Å². The molecule has 0 saturated heterocycles. The summed E-state index contributed by atoms with van der Waals surface area (Å²) in [5.74, 6) is 2.39. The molecule has 0 fully saturated rings. The molecular formula is C17H32N4O. The second-order valence-electron chi connectivity index (χ2n) is 5.37. The van der Waals surface area contributed by atoms with Crippen molar-refractivity contribution >= 4 is 5.82 Å². The maximum atomic E-state index is 5.63. The highest BCUT2D eigenvalue weighted by molar-refractivity contribution is 5.38. The summed E-state index contributed by atoms with van der Waals surface area (Å²) >= 11 is 0. The zero-order valence-corrected chi connectivity index (χ0v) is 14.7. The van der Waals surface area contributed by atoms with Crippen LogP contribution in [0, 0.1) is 0 Å². The highest BCUT2D eigenvalue weighted by Crippen LogP contribution is 2.14. The van der Waals surface area contributed by atoms with Gasteiger partial charge < -0.3 is 15.0 Å². The van der Waals surface area contributed by atoms with Crippen LogP contribution in [0.1, 0.15) is 52.8 Å².